The number of carbonyl (C=O) groups is 3. The largest absolute Gasteiger partial charge is 0.507 e. The molecule has 0 aromatic heterocycles. The lowest BCUT2D eigenvalue weighted by molar-refractivity contribution is -0.247. The first kappa shape index (κ1) is 25.5. The van der Waals surface area contributed by atoms with E-state index in [0.29, 0.717) is 5.56 Å². The third-order valence-electron chi connectivity index (χ3n) is 7.67. The number of ether oxygens (including phenoxy) is 3. The predicted molar refractivity (Wildman–Crippen MR) is 129 cm³/mol. The van der Waals surface area contributed by atoms with Crippen molar-refractivity contribution >= 4 is 17.3 Å². The van der Waals surface area contributed by atoms with Crippen LogP contribution in [0.1, 0.15) is 75.8 Å². The molecule has 37 heavy (non-hydrogen) atoms. The molecule has 0 amide bonds. The molecule has 10 heteroatoms. The fraction of sp³-hybridized carbons (Fsp3) is 0.444. The van der Waals surface area contributed by atoms with Crippen molar-refractivity contribution in [2.24, 2.45) is 5.73 Å². The van der Waals surface area contributed by atoms with Gasteiger partial charge >= 0.3 is 0 Å². The molecule has 0 radical (unpaired) electrons. The average molecular weight is 512 g/mol. The van der Waals surface area contributed by atoms with Crippen LogP contribution in [0, 0.1) is 0 Å². The number of carbonyl (C=O) groups excluding carboxylic acids is 3. The van der Waals surface area contributed by atoms with Crippen molar-refractivity contribution in [1.82, 2.24) is 0 Å². The number of phenolic OH excluding ortho intramolecular Hbond substituents is 1. The van der Waals surface area contributed by atoms with E-state index < -0.39 is 59.3 Å². The summed E-state index contributed by atoms with van der Waals surface area (Å²) in [4.78, 5) is 39.5. The van der Waals surface area contributed by atoms with Crippen LogP contribution in [-0.2, 0) is 20.7 Å². The van der Waals surface area contributed by atoms with Crippen LogP contribution in [0.5, 0.6) is 11.5 Å². The van der Waals surface area contributed by atoms with E-state index in [4.69, 9.17) is 19.9 Å². The Bertz CT molecular complexity index is 1310. The van der Waals surface area contributed by atoms with Crippen LogP contribution >= 0.6 is 0 Å². The summed E-state index contributed by atoms with van der Waals surface area (Å²) in [5, 5.41) is 32.8. The lowest BCUT2D eigenvalue weighted by Gasteiger charge is -2.42. The van der Waals surface area contributed by atoms with Gasteiger partial charge in [0.25, 0.3) is 0 Å². The second kappa shape index (κ2) is 9.00. The van der Waals surface area contributed by atoms with Crippen LogP contribution in [0.3, 0.4) is 0 Å². The number of benzene rings is 2. The van der Waals surface area contributed by atoms with Gasteiger partial charge < -0.3 is 35.3 Å². The van der Waals surface area contributed by atoms with Crippen molar-refractivity contribution in [3.63, 3.8) is 0 Å². The summed E-state index contributed by atoms with van der Waals surface area (Å²) >= 11 is 0. The lowest BCUT2D eigenvalue weighted by atomic mass is 9.72. The Morgan fingerprint density at radius 2 is 1.92 bits per heavy atom. The van der Waals surface area contributed by atoms with Crippen LogP contribution in [0.25, 0.3) is 0 Å². The third kappa shape index (κ3) is 3.96. The number of ketones is 3. The SMILES string of the molecule is COc1cccc2c1C(=O)c1c(cc3c(c1O)[C@@H](OC1CC(N)C(O)C(C)O1)C[C@](O)(C(C)=O)C3)C2=O. The molecular formula is C27H29NO9. The summed E-state index contributed by atoms with van der Waals surface area (Å²) in [6.45, 7) is 2.90. The summed E-state index contributed by atoms with van der Waals surface area (Å²) in [7, 11) is 1.38. The Labute approximate surface area is 212 Å². The molecule has 1 saturated heterocycles. The molecule has 5 rings (SSSR count). The number of nitrogens with two attached hydrogens (primary N) is 1. The van der Waals surface area contributed by atoms with Gasteiger partial charge in [0.05, 0.1) is 36.5 Å². The summed E-state index contributed by atoms with van der Waals surface area (Å²) < 4.78 is 17.2. The smallest absolute Gasteiger partial charge is 0.201 e. The van der Waals surface area contributed by atoms with Crippen LogP contribution in [0.4, 0.5) is 0 Å². The molecule has 1 aliphatic heterocycles. The highest BCUT2D eigenvalue weighted by Gasteiger charge is 2.47. The van der Waals surface area contributed by atoms with Gasteiger partial charge in [0.1, 0.15) is 17.1 Å². The van der Waals surface area contributed by atoms with Crippen molar-refractivity contribution in [1.29, 1.82) is 0 Å². The number of rotatable bonds is 4. The number of aromatic hydroxyl groups is 1. The van der Waals surface area contributed by atoms with Crippen LogP contribution in [0.2, 0.25) is 0 Å². The summed E-state index contributed by atoms with van der Waals surface area (Å²) in [6, 6.07) is 5.47. The highest BCUT2D eigenvalue weighted by atomic mass is 16.7. The molecular weight excluding hydrogens is 482 g/mol. The van der Waals surface area contributed by atoms with Crippen molar-refractivity contribution < 1.29 is 43.9 Å². The number of phenols is 1. The Morgan fingerprint density at radius 1 is 1.19 bits per heavy atom. The second-order valence-corrected chi connectivity index (χ2v) is 10.0. The van der Waals surface area contributed by atoms with Gasteiger partial charge in [-0.15, -0.1) is 0 Å². The zero-order chi connectivity index (χ0) is 26.8. The minimum Gasteiger partial charge on any atom is -0.507 e. The Kier molecular flexibility index (Phi) is 6.20. The van der Waals surface area contributed by atoms with E-state index in [-0.39, 0.29) is 52.8 Å². The van der Waals surface area contributed by atoms with Crippen molar-refractivity contribution in [3.05, 3.63) is 57.6 Å². The zero-order valence-corrected chi connectivity index (χ0v) is 20.7. The number of Topliss-reactive ketones (excluding diaryl/α,β-unsaturated/α-hetero) is 1. The number of hydrogen-bond donors (Lipinski definition) is 4. The topological polar surface area (TPSA) is 166 Å². The Hall–Kier alpha value is -3.15. The van der Waals surface area contributed by atoms with Gasteiger partial charge in [-0.05, 0) is 31.5 Å². The number of aliphatic hydroxyl groups excluding tert-OH is 1. The molecule has 3 aliphatic rings. The second-order valence-electron chi connectivity index (χ2n) is 10.0. The van der Waals surface area contributed by atoms with Gasteiger partial charge in [0.2, 0.25) is 5.78 Å². The summed E-state index contributed by atoms with van der Waals surface area (Å²) in [5.74, 6) is -1.83. The normalized spacial score (nSPS) is 30.8. The molecule has 1 heterocycles. The maximum Gasteiger partial charge on any atom is 0.201 e. The van der Waals surface area contributed by atoms with Crippen molar-refractivity contribution in [2.45, 2.75) is 69.4 Å². The van der Waals surface area contributed by atoms with E-state index in [9.17, 15) is 29.7 Å². The monoisotopic (exact) mass is 511 g/mol. The molecule has 0 spiro atoms. The molecule has 5 N–H and O–H groups in total. The first-order valence-corrected chi connectivity index (χ1v) is 12.1. The van der Waals surface area contributed by atoms with Crippen molar-refractivity contribution in [3.8, 4) is 11.5 Å². The Morgan fingerprint density at radius 3 is 2.57 bits per heavy atom. The van der Waals surface area contributed by atoms with Crippen molar-refractivity contribution in [2.75, 3.05) is 7.11 Å². The maximum atomic E-state index is 13.6. The molecule has 2 aromatic carbocycles. The van der Waals surface area contributed by atoms with Crippen LogP contribution in [0.15, 0.2) is 24.3 Å². The molecule has 0 saturated carbocycles. The van der Waals surface area contributed by atoms with E-state index in [0.717, 1.165) is 0 Å². The molecule has 4 unspecified atom stereocenters. The van der Waals surface area contributed by atoms with Gasteiger partial charge in [0, 0.05) is 42.0 Å². The fourth-order valence-electron chi connectivity index (χ4n) is 5.58. The van der Waals surface area contributed by atoms with Gasteiger partial charge in [0.15, 0.2) is 17.9 Å². The minimum absolute atomic E-state index is 0.0266. The molecule has 6 atom stereocenters. The lowest BCUT2D eigenvalue weighted by Crippen LogP contribution is -2.52. The molecule has 196 valence electrons. The first-order valence-electron chi connectivity index (χ1n) is 12.1. The van der Waals surface area contributed by atoms with Gasteiger partial charge in [-0.2, -0.15) is 0 Å². The van der Waals surface area contributed by atoms with Gasteiger partial charge in [-0.3, -0.25) is 14.4 Å². The van der Waals surface area contributed by atoms with Crippen LogP contribution < -0.4 is 10.5 Å². The fourth-order valence-corrected chi connectivity index (χ4v) is 5.58. The third-order valence-corrected chi connectivity index (χ3v) is 7.67. The quantitative estimate of drug-likeness (QED) is 0.401. The Balaban J connectivity index is 1.64. The minimum atomic E-state index is -1.83. The molecule has 2 aliphatic carbocycles. The van der Waals surface area contributed by atoms with E-state index >= 15 is 0 Å². The van der Waals surface area contributed by atoms with Gasteiger partial charge in [-0.1, -0.05) is 12.1 Å². The summed E-state index contributed by atoms with van der Waals surface area (Å²) in [5.41, 5.74) is 4.68. The van der Waals surface area contributed by atoms with Gasteiger partial charge in [-0.25, -0.2) is 0 Å². The molecule has 2 aromatic rings. The number of hydrogen-bond acceptors (Lipinski definition) is 10. The number of methoxy groups -OCH3 is 1. The highest BCUT2D eigenvalue weighted by molar-refractivity contribution is 6.30. The zero-order valence-electron chi connectivity index (χ0n) is 20.7. The standard InChI is InChI=1S/C27H29NO9/c1-11-23(30)16(28)8-19(36-11)37-18-10-27(34,12(2)29)9-13-7-15-22(25(32)20(13)18)26(33)21-14(24(15)31)5-4-6-17(21)35-3/h4-7,11,16,18-19,23,30,32,34H,8-10,28H2,1-3H3/t11?,16?,18-,19?,23?,27-/m0/s1. The summed E-state index contributed by atoms with van der Waals surface area (Å²) in [6.07, 6.45) is -3.76. The van der Waals surface area contributed by atoms with E-state index in [1.807, 2.05) is 0 Å². The van der Waals surface area contributed by atoms with E-state index in [1.165, 1.54) is 26.2 Å². The molecule has 0 bridgehead atoms. The maximum absolute atomic E-state index is 13.6. The number of aliphatic hydroxyl groups is 2. The van der Waals surface area contributed by atoms with E-state index in [2.05, 4.69) is 0 Å². The molecule has 1 fully saturated rings. The predicted octanol–water partition coefficient (Wildman–Crippen LogP) is 1.32. The average Bonchev–Trinajstić information content (AvgIpc) is 2.84. The first-order chi connectivity index (χ1) is 17.5. The highest BCUT2D eigenvalue weighted by Crippen LogP contribution is 2.48. The van der Waals surface area contributed by atoms with Crippen LogP contribution in [-0.4, -0.2) is 69.9 Å². The molecule has 10 nitrogen and oxygen atoms in total. The van der Waals surface area contributed by atoms with E-state index in [1.54, 1.807) is 19.1 Å². The number of fused-ring (bicyclic) bond motifs is 3.